The molecule has 12 heteroatoms. The van der Waals surface area contributed by atoms with E-state index in [4.69, 9.17) is 19.2 Å². The molecule has 1 saturated carbocycles. The number of amides is 1. The van der Waals surface area contributed by atoms with Crippen LogP contribution in [-0.4, -0.2) is 113 Å². The maximum Gasteiger partial charge on any atom is 0.257 e. The number of halogens is 1. The number of rotatable bonds is 11. The van der Waals surface area contributed by atoms with Crippen molar-refractivity contribution in [3.63, 3.8) is 0 Å². The SMILES string of the molecule is CCN(C(=O)c1cc(F)ccc1Oc1cncnc1N1CC2(CC(Oc3ccnc4c3CN(CCC3CN(C)CCO3)CC4)C2)C1)C(C)C. The van der Waals surface area contributed by atoms with Crippen molar-refractivity contribution in [2.45, 2.75) is 71.2 Å². The Hall–Kier alpha value is -3.87. The zero-order valence-electron chi connectivity index (χ0n) is 29.1. The molecule has 1 aliphatic carbocycles. The van der Waals surface area contributed by atoms with Gasteiger partial charge in [-0.25, -0.2) is 14.4 Å². The largest absolute Gasteiger partial charge is 0.490 e. The van der Waals surface area contributed by atoms with E-state index in [1.165, 1.54) is 30.1 Å². The molecule has 1 amide bonds. The summed E-state index contributed by atoms with van der Waals surface area (Å²) in [5.74, 6) is 1.58. The number of hydrogen-bond acceptors (Lipinski definition) is 10. The van der Waals surface area contributed by atoms with Crippen LogP contribution in [0.25, 0.3) is 0 Å². The smallest absolute Gasteiger partial charge is 0.257 e. The summed E-state index contributed by atoms with van der Waals surface area (Å²) >= 11 is 0. The normalized spacial score (nSPS) is 20.9. The molecule has 2 saturated heterocycles. The number of morpholine rings is 1. The molecule has 0 radical (unpaired) electrons. The molecule has 3 aliphatic heterocycles. The van der Waals surface area contributed by atoms with Crippen molar-refractivity contribution in [3.8, 4) is 17.2 Å². The number of aromatic nitrogens is 3. The molecule has 49 heavy (non-hydrogen) atoms. The van der Waals surface area contributed by atoms with Gasteiger partial charge in [-0.05, 0) is 71.3 Å². The third kappa shape index (κ3) is 7.22. The van der Waals surface area contributed by atoms with Crippen LogP contribution in [0.4, 0.5) is 10.2 Å². The van der Waals surface area contributed by atoms with E-state index in [1.807, 2.05) is 33.0 Å². The first-order chi connectivity index (χ1) is 23.7. The highest BCUT2D eigenvalue weighted by atomic mass is 19.1. The summed E-state index contributed by atoms with van der Waals surface area (Å²) in [6, 6.07) is 6.03. The number of carbonyl (C=O) groups is 1. The minimum atomic E-state index is -0.492. The summed E-state index contributed by atoms with van der Waals surface area (Å²) in [5, 5.41) is 0. The Morgan fingerprint density at radius 1 is 1.14 bits per heavy atom. The number of benzene rings is 1. The topological polar surface area (TPSA) is 96.4 Å². The fraction of sp³-hybridized carbons (Fsp3) is 0.568. The molecular weight excluding hydrogens is 625 g/mol. The lowest BCUT2D eigenvalue weighted by Gasteiger charge is -2.59. The molecule has 2 aromatic heterocycles. The molecule has 1 unspecified atom stereocenters. The highest BCUT2D eigenvalue weighted by molar-refractivity contribution is 5.97. The Morgan fingerprint density at radius 3 is 2.76 bits per heavy atom. The maximum absolute atomic E-state index is 14.3. The lowest BCUT2D eigenvalue weighted by atomic mass is 9.61. The van der Waals surface area contributed by atoms with E-state index in [0.29, 0.717) is 24.2 Å². The molecule has 1 spiro atoms. The number of carbonyl (C=O) groups excluding carboxylic acids is 1. The van der Waals surface area contributed by atoms with Gasteiger partial charge in [-0.1, -0.05) is 0 Å². The summed E-state index contributed by atoms with van der Waals surface area (Å²) in [6.07, 6.45) is 9.37. The average Bonchev–Trinajstić information content (AvgIpc) is 3.05. The monoisotopic (exact) mass is 673 g/mol. The average molecular weight is 674 g/mol. The van der Waals surface area contributed by atoms with Crippen LogP contribution in [0.1, 0.15) is 61.6 Å². The highest BCUT2D eigenvalue weighted by Crippen LogP contribution is 2.52. The van der Waals surface area contributed by atoms with Gasteiger partial charge in [-0.3, -0.25) is 14.7 Å². The molecule has 3 aromatic rings. The van der Waals surface area contributed by atoms with E-state index in [2.05, 4.69) is 31.7 Å². The minimum Gasteiger partial charge on any atom is -0.490 e. The molecule has 0 bridgehead atoms. The zero-order chi connectivity index (χ0) is 34.1. The second-order valence-electron chi connectivity index (χ2n) is 14.4. The number of hydrogen-bond donors (Lipinski definition) is 0. The molecule has 11 nitrogen and oxygen atoms in total. The van der Waals surface area contributed by atoms with E-state index in [1.54, 1.807) is 11.1 Å². The van der Waals surface area contributed by atoms with Crippen molar-refractivity contribution >= 4 is 11.7 Å². The summed E-state index contributed by atoms with van der Waals surface area (Å²) in [4.78, 5) is 35.5. The first-order valence-electron chi connectivity index (χ1n) is 17.7. The van der Waals surface area contributed by atoms with E-state index in [-0.39, 0.29) is 34.8 Å². The molecule has 1 atom stereocenters. The summed E-state index contributed by atoms with van der Waals surface area (Å²) in [5.41, 5.74) is 2.72. The molecule has 4 aliphatic rings. The van der Waals surface area contributed by atoms with Crippen LogP contribution in [-0.2, 0) is 17.7 Å². The van der Waals surface area contributed by atoms with Gasteiger partial charge in [0, 0.05) is 87.7 Å². The zero-order valence-corrected chi connectivity index (χ0v) is 29.1. The van der Waals surface area contributed by atoms with Crippen molar-refractivity contribution in [2.75, 3.05) is 64.4 Å². The molecule has 3 fully saturated rings. The first-order valence-corrected chi connectivity index (χ1v) is 17.7. The van der Waals surface area contributed by atoms with Crippen LogP contribution in [0.3, 0.4) is 0 Å². The Balaban J connectivity index is 0.957. The number of fused-ring (bicyclic) bond motifs is 1. The van der Waals surface area contributed by atoms with Crippen LogP contribution in [0, 0.1) is 11.2 Å². The van der Waals surface area contributed by atoms with E-state index < -0.39 is 5.82 Å². The molecular formula is C37H48FN7O4. The van der Waals surface area contributed by atoms with Gasteiger partial charge in [0.2, 0.25) is 0 Å². The highest BCUT2D eigenvalue weighted by Gasteiger charge is 2.54. The van der Waals surface area contributed by atoms with Crippen molar-refractivity contribution in [2.24, 2.45) is 5.41 Å². The lowest BCUT2D eigenvalue weighted by Crippen LogP contribution is -2.65. The molecule has 7 rings (SSSR count). The first kappa shape index (κ1) is 33.6. The lowest BCUT2D eigenvalue weighted by molar-refractivity contribution is -0.0356. The van der Waals surface area contributed by atoms with Gasteiger partial charge in [0.05, 0.1) is 24.5 Å². The van der Waals surface area contributed by atoms with E-state index in [0.717, 1.165) is 89.5 Å². The van der Waals surface area contributed by atoms with Gasteiger partial charge in [-0.2, -0.15) is 0 Å². The van der Waals surface area contributed by atoms with Crippen LogP contribution < -0.4 is 14.4 Å². The van der Waals surface area contributed by atoms with Crippen molar-refractivity contribution < 1.29 is 23.4 Å². The van der Waals surface area contributed by atoms with Crippen molar-refractivity contribution in [1.29, 1.82) is 0 Å². The van der Waals surface area contributed by atoms with Gasteiger partial charge >= 0.3 is 0 Å². The quantitative estimate of drug-likeness (QED) is 0.283. The molecule has 0 N–H and O–H groups in total. The number of likely N-dealkylation sites (N-methyl/N-ethyl adjacent to an activating group) is 1. The second-order valence-corrected chi connectivity index (χ2v) is 14.4. The summed E-state index contributed by atoms with van der Waals surface area (Å²) in [7, 11) is 2.17. The van der Waals surface area contributed by atoms with E-state index in [9.17, 15) is 9.18 Å². The Kier molecular flexibility index (Phi) is 9.72. The molecule has 1 aromatic carbocycles. The van der Waals surface area contributed by atoms with Gasteiger partial charge in [0.25, 0.3) is 5.91 Å². The Morgan fingerprint density at radius 2 is 1.98 bits per heavy atom. The van der Waals surface area contributed by atoms with Gasteiger partial charge in [0.15, 0.2) is 11.6 Å². The van der Waals surface area contributed by atoms with Crippen molar-refractivity contribution in [1.82, 2.24) is 29.7 Å². The van der Waals surface area contributed by atoms with Crippen LogP contribution >= 0.6 is 0 Å². The van der Waals surface area contributed by atoms with Crippen LogP contribution in [0.15, 0.2) is 43.0 Å². The predicted octanol–water partition coefficient (Wildman–Crippen LogP) is 4.80. The standard InChI is InChI=1S/C37H48FN7O4/c1-5-45(25(2)3)36(46)29-16-26(38)6-7-32(29)49-34-19-39-24-41-35(34)44-22-37(23-44)17-28(18-37)48-33-8-11-40-31-10-13-43(21-30(31)33)12-9-27-20-42(4)14-15-47-27/h6-8,11,16,19,24-25,27-28H,5,9-10,12-15,17-18,20-23H2,1-4H3. The predicted molar refractivity (Wildman–Crippen MR) is 184 cm³/mol. The van der Waals surface area contributed by atoms with E-state index >= 15 is 0 Å². The Labute approximate surface area is 288 Å². The summed E-state index contributed by atoms with van der Waals surface area (Å²) in [6.45, 7) is 13.6. The maximum atomic E-state index is 14.3. The summed E-state index contributed by atoms with van der Waals surface area (Å²) < 4.78 is 33.2. The number of anilines is 1. The van der Waals surface area contributed by atoms with Gasteiger partial charge in [-0.15, -0.1) is 0 Å². The second kappa shape index (κ2) is 14.2. The number of pyridine rings is 1. The van der Waals surface area contributed by atoms with Crippen LogP contribution in [0.5, 0.6) is 17.2 Å². The Bertz CT molecular complexity index is 1640. The van der Waals surface area contributed by atoms with Crippen LogP contribution in [0.2, 0.25) is 0 Å². The minimum absolute atomic E-state index is 0.0373. The number of ether oxygens (including phenoxy) is 3. The molecule has 5 heterocycles. The van der Waals surface area contributed by atoms with Crippen molar-refractivity contribution in [3.05, 3.63) is 65.6 Å². The fourth-order valence-electron chi connectivity index (χ4n) is 7.87. The number of nitrogens with zero attached hydrogens (tertiary/aromatic N) is 7. The van der Waals surface area contributed by atoms with Gasteiger partial charge in [0.1, 0.15) is 29.7 Å². The van der Waals surface area contributed by atoms with Gasteiger partial charge < -0.3 is 28.9 Å². The fourth-order valence-corrected chi connectivity index (χ4v) is 7.87. The third-order valence-electron chi connectivity index (χ3n) is 10.5. The third-order valence-corrected chi connectivity index (χ3v) is 10.5. The molecule has 262 valence electrons.